The Hall–Kier alpha value is -3.32. The minimum absolute atomic E-state index is 0. The molecule has 2 fully saturated rings. The lowest BCUT2D eigenvalue weighted by atomic mass is 9.63. The number of fused-ring (bicyclic) bond motifs is 2. The van der Waals surface area contributed by atoms with Crippen molar-refractivity contribution in [2.75, 3.05) is 102 Å². The van der Waals surface area contributed by atoms with Crippen LogP contribution in [-0.2, 0) is 31.1 Å². The molecule has 3 N–H and O–H groups in total. The third-order valence-electron chi connectivity index (χ3n) is 17.0. The van der Waals surface area contributed by atoms with Crippen molar-refractivity contribution in [2.24, 2.45) is 0 Å². The zero-order chi connectivity index (χ0) is 54.1. The summed E-state index contributed by atoms with van der Waals surface area (Å²) in [5, 5.41) is 21.8. The molecular weight excluding hydrogens is 988 g/mol. The van der Waals surface area contributed by atoms with Crippen LogP contribution < -0.4 is 15.1 Å². The van der Waals surface area contributed by atoms with Crippen molar-refractivity contribution in [3.8, 4) is 22.5 Å². The van der Waals surface area contributed by atoms with Crippen LogP contribution in [0.3, 0.4) is 0 Å². The summed E-state index contributed by atoms with van der Waals surface area (Å²) in [6.45, 7) is 28.5. The van der Waals surface area contributed by atoms with Crippen LogP contribution in [-0.4, -0.2) is 130 Å². The molecule has 2 aliphatic heterocycles. The van der Waals surface area contributed by atoms with Crippen molar-refractivity contribution in [3.05, 3.63) is 95.1 Å². The van der Waals surface area contributed by atoms with E-state index in [9.17, 15) is 5.11 Å². The van der Waals surface area contributed by atoms with E-state index >= 15 is 0 Å². The fraction of sp³-hybridized carbons (Fsp3) is 0.656. The van der Waals surface area contributed by atoms with Crippen LogP contribution in [0.1, 0.15) is 168 Å². The van der Waals surface area contributed by atoms with Crippen molar-refractivity contribution >= 4 is 35.6 Å². The monoisotopic (exact) mass is 1090 g/mol. The Balaban J connectivity index is 0.000000252. The number of methoxy groups -OCH3 is 2. The first kappa shape index (κ1) is 63.5. The maximum atomic E-state index is 9.22. The minimum atomic E-state index is 0. The number of nitrogens with zero attached hydrogens (tertiary/aromatic N) is 5. The van der Waals surface area contributed by atoms with E-state index in [0.717, 1.165) is 146 Å². The van der Waals surface area contributed by atoms with Gasteiger partial charge in [0.1, 0.15) is 11.6 Å². The number of aliphatic hydroxyl groups excluding tert-OH is 2. The van der Waals surface area contributed by atoms with Gasteiger partial charge in [0, 0.05) is 102 Å². The van der Waals surface area contributed by atoms with E-state index in [-0.39, 0.29) is 40.7 Å². The predicted octanol–water partition coefficient (Wildman–Crippen LogP) is 13.3. The highest BCUT2D eigenvalue weighted by Gasteiger charge is 2.38. The number of alkyl halides is 1. The van der Waals surface area contributed by atoms with Gasteiger partial charge in [0.2, 0.25) is 0 Å². The molecule has 2 saturated heterocycles. The van der Waals surface area contributed by atoms with Crippen molar-refractivity contribution in [2.45, 2.75) is 179 Å². The van der Waals surface area contributed by atoms with E-state index < -0.39 is 0 Å². The molecule has 2 aliphatic carbocycles. The number of aliphatic hydroxyl groups is 2. The molecule has 2 aromatic heterocycles. The molecule has 2 aromatic carbocycles. The molecule has 0 unspecified atom stereocenters. The zero-order valence-electron chi connectivity index (χ0n) is 48.7. The van der Waals surface area contributed by atoms with Crippen LogP contribution in [0.4, 0.5) is 11.6 Å². The second-order valence-corrected chi connectivity index (χ2v) is 24.9. The summed E-state index contributed by atoms with van der Waals surface area (Å²) < 4.78 is 9.99. The molecule has 0 bridgehead atoms. The molecule has 0 atom stereocenters. The third kappa shape index (κ3) is 17.6. The Kier molecular flexibility index (Phi) is 25.3. The maximum absolute atomic E-state index is 9.22. The van der Waals surface area contributed by atoms with Crippen LogP contribution in [0.2, 0.25) is 0 Å². The Morgan fingerprint density at radius 1 is 0.566 bits per heavy atom. The number of rotatable bonds is 21. The lowest BCUT2D eigenvalue weighted by molar-refractivity contribution is 0.131. The molecule has 8 rings (SSSR count). The second-order valence-electron chi connectivity index (χ2n) is 24.5. The highest BCUT2D eigenvalue weighted by molar-refractivity contribution is 6.17. The molecule has 0 amide bonds. The first-order valence-corrected chi connectivity index (χ1v) is 29.5. The van der Waals surface area contributed by atoms with Gasteiger partial charge in [-0.1, -0.05) is 91.8 Å². The number of halogens is 2. The van der Waals surface area contributed by atoms with Gasteiger partial charge in [-0.3, -0.25) is 0 Å². The summed E-state index contributed by atoms with van der Waals surface area (Å²) in [5.41, 5.74) is 11.5. The second kappa shape index (κ2) is 30.3. The molecule has 4 aromatic rings. The number of anilines is 2. The number of pyridine rings is 2. The molecule has 0 radical (unpaired) electrons. The fourth-order valence-electron chi connectivity index (χ4n) is 11.8. The summed E-state index contributed by atoms with van der Waals surface area (Å²) >= 11 is 5.30. The number of hydrogen-bond donors (Lipinski definition) is 3. The third-order valence-corrected chi connectivity index (χ3v) is 17.3. The van der Waals surface area contributed by atoms with E-state index in [0.29, 0.717) is 24.6 Å². The number of hydrogen-bond acceptors (Lipinski definition) is 10. The van der Waals surface area contributed by atoms with Gasteiger partial charge in [0.25, 0.3) is 0 Å². The van der Waals surface area contributed by atoms with Crippen molar-refractivity contribution < 1.29 is 19.7 Å². The van der Waals surface area contributed by atoms with Gasteiger partial charge in [-0.05, 0) is 183 Å². The van der Waals surface area contributed by atoms with Gasteiger partial charge in [-0.2, -0.15) is 0 Å². The normalized spacial score (nSPS) is 18.6. The quantitative estimate of drug-likeness (QED) is 0.0552. The Morgan fingerprint density at radius 2 is 1.00 bits per heavy atom. The van der Waals surface area contributed by atoms with Crippen LogP contribution in [0.15, 0.2) is 72.8 Å². The number of unbranched alkanes of at least 4 members (excludes halogenated alkanes) is 2. The number of aromatic nitrogens is 2. The molecule has 4 aliphatic rings. The molecule has 0 saturated carbocycles. The highest BCUT2D eigenvalue weighted by Crippen LogP contribution is 2.48. The average molecular weight is 1090 g/mol. The van der Waals surface area contributed by atoms with Crippen LogP contribution in [0, 0.1) is 0 Å². The molecule has 10 nitrogen and oxygen atoms in total. The first-order chi connectivity index (χ1) is 36.0. The van der Waals surface area contributed by atoms with Gasteiger partial charge < -0.3 is 39.7 Å². The Morgan fingerprint density at radius 3 is 1.45 bits per heavy atom. The maximum Gasteiger partial charge on any atom is 0.129 e. The molecule has 12 heteroatoms. The molecule has 76 heavy (non-hydrogen) atoms. The summed E-state index contributed by atoms with van der Waals surface area (Å²) in [5.74, 6) is 2.89. The van der Waals surface area contributed by atoms with E-state index in [1.54, 1.807) is 14.2 Å². The number of ether oxygens (including phenoxy) is 2. The summed E-state index contributed by atoms with van der Waals surface area (Å²) in [4.78, 5) is 17.8. The standard InChI is InChI=1S/C32H49N3O2.C28H41N3O.C4H9ClO.ClH/c1-31(2)16-17-32(3,4)28-24-25(12-13-27(28)31)29-10-8-11-30(33-29)35-20-14-26(15-21-35)34(18-6-7-22-36)19-9-23-37-5;1-27(2)14-15-28(3,4)24-20-21(10-11-23(24)27)25-8-7-9-26(30-25)31-17-12-22(13-18-31)29-16-5-6-19-32;1-6-4-2-3-5;/h8,10-13,24,26,36H,6-7,9,14-23H2,1-5H3;7-11,20,22,29,32H,5-6,12-19H2,1-4H3;2-4H2,1H3;1H. The summed E-state index contributed by atoms with van der Waals surface area (Å²) in [7, 11) is 3.45. The zero-order valence-corrected chi connectivity index (χ0v) is 50.3. The van der Waals surface area contributed by atoms with E-state index in [2.05, 4.69) is 148 Å². The SMILES string of the molecule is CC1(C)CCC(C)(C)c2cc(-c3cccc(N4CCC(NCCCCO)CC4)n3)ccc21.COCCCCl.COCCCN(CCCCO)C1CCN(c2cccc(-c3ccc4c(c3)C(C)(C)CCC4(C)C)n2)CC1.Cl. The molecule has 424 valence electrons. The largest absolute Gasteiger partial charge is 0.396 e. The molecule has 4 heterocycles. The summed E-state index contributed by atoms with van der Waals surface area (Å²) in [6, 6.07) is 28.3. The van der Waals surface area contributed by atoms with Crippen molar-refractivity contribution in [1.82, 2.24) is 20.2 Å². The smallest absolute Gasteiger partial charge is 0.129 e. The lowest BCUT2D eigenvalue weighted by Crippen LogP contribution is -2.46. The Bertz CT molecular complexity index is 2310. The van der Waals surface area contributed by atoms with Crippen molar-refractivity contribution in [1.29, 1.82) is 0 Å². The molecular formula is C64H100Cl2N6O4. The predicted molar refractivity (Wildman–Crippen MR) is 324 cm³/mol. The number of piperidine rings is 2. The average Bonchev–Trinajstić information content (AvgIpc) is 3.43. The topological polar surface area (TPSA) is 106 Å². The van der Waals surface area contributed by atoms with Gasteiger partial charge >= 0.3 is 0 Å². The van der Waals surface area contributed by atoms with Crippen LogP contribution in [0.5, 0.6) is 0 Å². The Labute approximate surface area is 471 Å². The van der Waals surface area contributed by atoms with Crippen molar-refractivity contribution in [3.63, 3.8) is 0 Å². The number of benzene rings is 2. The van der Waals surface area contributed by atoms with Gasteiger partial charge in [0.05, 0.1) is 11.4 Å². The van der Waals surface area contributed by atoms with E-state index in [4.69, 9.17) is 36.1 Å². The minimum Gasteiger partial charge on any atom is -0.396 e. The van der Waals surface area contributed by atoms with Gasteiger partial charge in [-0.25, -0.2) is 9.97 Å². The fourth-order valence-corrected chi connectivity index (χ4v) is 12.0. The van der Waals surface area contributed by atoms with Crippen LogP contribution in [0.25, 0.3) is 22.5 Å². The van der Waals surface area contributed by atoms with Gasteiger partial charge in [0.15, 0.2) is 0 Å². The van der Waals surface area contributed by atoms with Crippen LogP contribution >= 0.6 is 24.0 Å². The van der Waals surface area contributed by atoms with E-state index in [1.165, 1.54) is 59.1 Å². The number of nitrogens with one attached hydrogen (secondary N) is 1. The lowest BCUT2D eigenvalue weighted by Gasteiger charge is -2.42. The van der Waals surface area contributed by atoms with E-state index in [1.807, 2.05) is 0 Å². The molecule has 0 spiro atoms. The van der Waals surface area contributed by atoms with Gasteiger partial charge in [-0.15, -0.1) is 24.0 Å². The first-order valence-electron chi connectivity index (χ1n) is 28.9. The summed E-state index contributed by atoms with van der Waals surface area (Å²) in [6.07, 6.45) is 15.4. The highest BCUT2D eigenvalue weighted by atomic mass is 35.5.